The Balaban J connectivity index is 1.48. The summed E-state index contributed by atoms with van der Waals surface area (Å²) >= 11 is 7.30. The summed E-state index contributed by atoms with van der Waals surface area (Å²) < 4.78 is 5.87. The molecular formula is C28H21ClN2O4S. The van der Waals surface area contributed by atoms with E-state index in [1.807, 2.05) is 25.1 Å². The van der Waals surface area contributed by atoms with E-state index in [4.69, 9.17) is 16.3 Å². The molecule has 0 radical (unpaired) electrons. The number of halogens is 1. The van der Waals surface area contributed by atoms with Crippen molar-refractivity contribution >= 4 is 45.5 Å². The fourth-order valence-electron chi connectivity index (χ4n) is 4.16. The molecule has 1 atom stereocenters. The quantitative estimate of drug-likeness (QED) is 0.184. The van der Waals surface area contributed by atoms with Gasteiger partial charge >= 0.3 is 5.91 Å². The zero-order chi connectivity index (χ0) is 25.2. The Hall–Kier alpha value is -3.94. The molecule has 1 aliphatic heterocycles. The van der Waals surface area contributed by atoms with Gasteiger partial charge in [0.25, 0.3) is 5.78 Å². The molecule has 8 heteroatoms. The Bertz CT molecular complexity index is 1450. The fraction of sp³-hybridized carbons (Fsp3) is 0.107. The first-order valence-corrected chi connectivity index (χ1v) is 12.4. The molecule has 36 heavy (non-hydrogen) atoms. The number of amides is 1. The number of ketones is 1. The number of aliphatic hydroxyl groups excluding tert-OH is 1. The van der Waals surface area contributed by atoms with Crippen molar-refractivity contribution < 1.29 is 19.4 Å². The SMILES string of the molecule is Cc1cccc(COc2ccc(C(O)=C3C(=O)C(=O)N(c4nccs4)[C@H]3c3ccc(Cl)cc3)cc2)c1. The standard InChI is InChI=1S/C28H21ClN2O4S/c1-17-3-2-4-18(15-17)16-35-22-11-7-20(8-12-22)25(32)23-24(19-5-9-21(29)10-6-19)31(27(34)26(23)33)28-30-13-14-36-28/h2-15,24,32H,16H2,1H3/t24-/m0/s1. The number of aryl methyl sites for hydroxylation is 1. The van der Waals surface area contributed by atoms with Crippen LogP contribution in [-0.2, 0) is 16.2 Å². The van der Waals surface area contributed by atoms with Crippen molar-refractivity contribution in [3.63, 3.8) is 0 Å². The lowest BCUT2D eigenvalue weighted by atomic mass is 9.95. The average molecular weight is 517 g/mol. The number of thiazole rings is 1. The molecule has 1 N–H and O–H groups in total. The molecule has 4 aromatic rings. The first kappa shape index (κ1) is 23.8. The zero-order valence-corrected chi connectivity index (χ0v) is 20.8. The van der Waals surface area contributed by atoms with E-state index in [1.165, 1.54) is 16.2 Å². The lowest BCUT2D eigenvalue weighted by Crippen LogP contribution is -2.29. The number of Topliss-reactive ketones (excluding diaryl/α,β-unsaturated/α-hetero) is 1. The van der Waals surface area contributed by atoms with E-state index >= 15 is 0 Å². The van der Waals surface area contributed by atoms with E-state index in [0.29, 0.717) is 33.6 Å². The van der Waals surface area contributed by atoms with Crippen molar-refractivity contribution in [1.29, 1.82) is 0 Å². The summed E-state index contributed by atoms with van der Waals surface area (Å²) in [5.41, 5.74) is 3.22. The van der Waals surface area contributed by atoms with Gasteiger partial charge in [-0.25, -0.2) is 4.98 Å². The number of carbonyl (C=O) groups excluding carboxylic acids is 2. The predicted octanol–water partition coefficient (Wildman–Crippen LogP) is 6.31. The Morgan fingerprint density at radius 1 is 1.08 bits per heavy atom. The van der Waals surface area contributed by atoms with Crippen molar-refractivity contribution in [1.82, 2.24) is 4.98 Å². The summed E-state index contributed by atoms with van der Waals surface area (Å²) in [5.74, 6) is -1.17. The van der Waals surface area contributed by atoms with Gasteiger partial charge < -0.3 is 9.84 Å². The fourth-order valence-corrected chi connectivity index (χ4v) is 4.95. The summed E-state index contributed by atoms with van der Waals surface area (Å²) in [6.45, 7) is 2.43. The summed E-state index contributed by atoms with van der Waals surface area (Å²) in [4.78, 5) is 31.7. The smallest absolute Gasteiger partial charge is 0.301 e. The number of carbonyl (C=O) groups is 2. The molecule has 0 aliphatic carbocycles. The second-order valence-corrected chi connectivity index (χ2v) is 9.65. The lowest BCUT2D eigenvalue weighted by molar-refractivity contribution is -0.132. The highest BCUT2D eigenvalue weighted by Crippen LogP contribution is 2.43. The topological polar surface area (TPSA) is 79.7 Å². The van der Waals surface area contributed by atoms with Crippen LogP contribution in [0.1, 0.15) is 28.3 Å². The molecule has 180 valence electrons. The van der Waals surface area contributed by atoms with Crippen molar-refractivity contribution in [2.75, 3.05) is 4.90 Å². The Morgan fingerprint density at radius 2 is 1.83 bits per heavy atom. The summed E-state index contributed by atoms with van der Waals surface area (Å²) in [6, 6.07) is 20.8. The maximum atomic E-state index is 13.1. The second kappa shape index (κ2) is 9.97. The van der Waals surface area contributed by atoms with Crippen molar-refractivity contribution in [2.24, 2.45) is 0 Å². The molecule has 1 saturated heterocycles. The minimum Gasteiger partial charge on any atom is -0.507 e. The van der Waals surface area contributed by atoms with E-state index < -0.39 is 17.7 Å². The highest BCUT2D eigenvalue weighted by molar-refractivity contribution is 7.14. The van der Waals surface area contributed by atoms with Crippen molar-refractivity contribution in [2.45, 2.75) is 19.6 Å². The minimum atomic E-state index is -0.842. The lowest BCUT2D eigenvalue weighted by Gasteiger charge is -2.23. The monoisotopic (exact) mass is 516 g/mol. The van der Waals surface area contributed by atoms with Gasteiger partial charge in [0.2, 0.25) is 0 Å². The van der Waals surface area contributed by atoms with Crippen molar-refractivity contribution in [3.8, 4) is 5.75 Å². The third-order valence-electron chi connectivity index (χ3n) is 5.87. The third-order valence-corrected chi connectivity index (χ3v) is 6.89. The molecule has 0 unspecified atom stereocenters. The molecule has 0 saturated carbocycles. The Kier molecular flexibility index (Phi) is 6.59. The highest BCUT2D eigenvalue weighted by atomic mass is 35.5. The number of ether oxygens (including phenoxy) is 1. The molecule has 1 aliphatic rings. The Morgan fingerprint density at radius 3 is 2.50 bits per heavy atom. The molecule has 6 nitrogen and oxygen atoms in total. The summed E-state index contributed by atoms with van der Waals surface area (Å²) in [6.07, 6.45) is 1.56. The third kappa shape index (κ3) is 4.63. The van der Waals surface area contributed by atoms with Crippen LogP contribution < -0.4 is 9.64 Å². The van der Waals surface area contributed by atoms with Crippen LogP contribution in [0.4, 0.5) is 5.13 Å². The first-order valence-electron chi connectivity index (χ1n) is 11.2. The predicted molar refractivity (Wildman–Crippen MR) is 140 cm³/mol. The molecule has 1 fully saturated rings. The number of aromatic nitrogens is 1. The maximum Gasteiger partial charge on any atom is 0.301 e. The van der Waals surface area contributed by atoms with Gasteiger partial charge in [-0.15, -0.1) is 11.3 Å². The average Bonchev–Trinajstić information content (AvgIpc) is 3.50. The number of aliphatic hydroxyl groups is 1. The van der Waals surface area contributed by atoms with Crippen LogP contribution in [0.3, 0.4) is 0 Å². The van der Waals surface area contributed by atoms with E-state index in [-0.39, 0.29) is 11.3 Å². The van der Waals surface area contributed by atoms with Gasteiger partial charge in [0, 0.05) is 22.2 Å². The molecule has 0 bridgehead atoms. The number of anilines is 1. The summed E-state index contributed by atoms with van der Waals surface area (Å²) in [5, 5.41) is 13.9. The molecule has 5 rings (SSSR count). The Labute approximate surface area is 217 Å². The van der Waals surface area contributed by atoms with Crippen LogP contribution >= 0.6 is 22.9 Å². The van der Waals surface area contributed by atoms with Crippen LogP contribution in [0.15, 0.2) is 89.9 Å². The van der Waals surface area contributed by atoms with Gasteiger partial charge in [-0.2, -0.15) is 0 Å². The van der Waals surface area contributed by atoms with Gasteiger partial charge in [-0.1, -0.05) is 53.6 Å². The van der Waals surface area contributed by atoms with Crippen LogP contribution in [0.2, 0.25) is 5.02 Å². The maximum absolute atomic E-state index is 13.1. The molecule has 1 aromatic heterocycles. The molecule has 2 heterocycles. The number of hydrogen-bond donors (Lipinski definition) is 1. The van der Waals surface area contributed by atoms with Crippen LogP contribution in [0, 0.1) is 6.92 Å². The number of nitrogens with zero attached hydrogens (tertiary/aromatic N) is 2. The number of hydrogen-bond acceptors (Lipinski definition) is 6. The van der Waals surface area contributed by atoms with Gasteiger partial charge in [0.15, 0.2) is 5.13 Å². The van der Waals surface area contributed by atoms with Crippen LogP contribution in [0.25, 0.3) is 5.76 Å². The minimum absolute atomic E-state index is 0.00838. The molecule has 1 amide bonds. The van der Waals surface area contributed by atoms with Crippen LogP contribution in [-0.4, -0.2) is 21.8 Å². The van der Waals surface area contributed by atoms with Gasteiger partial charge in [-0.05, 0) is 54.4 Å². The molecular weight excluding hydrogens is 496 g/mol. The van der Waals surface area contributed by atoms with Gasteiger partial charge in [-0.3, -0.25) is 14.5 Å². The highest BCUT2D eigenvalue weighted by Gasteiger charge is 2.47. The van der Waals surface area contributed by atoms with E-state index in [1.54, 1.807) is 60.1 Å². The summed E-state index contributed by atoms with van der Waals surface area (Å²) in [7, 11) is 0. The normalized spacial score (nSPS) is 16.9. The van der Waals surface area contributed by atoms with E-state index in [9.17, 15) is 14.7 Å². The van der Waals surface area contributed by atoms with Gasteiger partial charge in [0.05, 0.1) is 11.6 Å². The zero-order valence-electron chi connectivity index (χ0n) is 19.2. The van der Waals surface area contributed by atoms with E-state index in [2.05, 4.69) is 11.1 Å². The largest absolute Gasteiger partial charge is 0.507 e. The number of rotatable bonds is 6. The van der Waals surface area contributed by atoms with Crippen molar-refractivity contribution in [3.05, 3.63) is 117 Å². The first-order chi connectivity index (χ1) is 17.4. The number of benzene rings is 3. The molecule has 0 spiro atoms. The van der Waals surface area contributed by atoms with E-state index in [0.717, 1.165) is 11.1 Å². The molecule has 3 aromatic carbocycles. The second-order valence-electron chi connectivity index (χ2n) is 8.34. The van der Waals surface area contributed by atoms with Crippen LogP contribution in [0.5, 0.6) is 5.75 Å². The van der Waals surface area contributed by atoms with Gasteiger partial charge in [0.1, 0.15) is 18.1 Å².